The molecule has 0 saturated carbocycles. The zero-order valence-corrected chi connectivity index (χ0v) is 18.3. The van der Waals surface area contributed by atoms with Crippen molar-refractivity contribution in [1.82, 2.24) is 14.3 Å². The van der Waals surface area contributed by atoms with E-state index in [1.807, 2.05) is 6.92 Å². The van der Waals surface area contributed by atoms with Gasteiger partial charge < -0.3 is 18.7 Å². The molecule has 0 radical (unpaired) electrons. The highest BCUT2D eigenvalue weighted by Crippen LogP contribution is 2.34. The molecule has 0 N–H and O–H groups in total. The minimum atomic E-state index is -1.10. The fourth-order valence-electron chi connectivity index (χ4n) is 3.98. The number of carbonyl (C=O) groups is 2. The zero-order chi connectivity index (χ0) is 23.7. The van der Waals surface area contributed by atoms with Crippen LogP contribution in [-0.2, 0) is 30.3 Å². The molecule has 3 heterocycles. The maximum Gasteiger partial charge on any atom is 0.333 e. The summed E-state index contributed by atoms with van der Waals surface area (Å²) in [6.07, 6.45) is -2.00. The molecule has 11 nitrogen and oxygen atoms in total. The normalized spacial score (nSPS) is 22.4. The molecule has 2 aromatic heterocycles. The minimum absolute atomic E-state index is 0.134. The number of hydrogen-bond acceptors (Lipinski definition) is 9. The fourth-order valence-corrected chi connectivity index (χ4v) is 3.98. The third kappa shape index (κ3) is 4.31. The molecular weight excluding hydrogens is 434 g/mol. The molecule has 1 aliphatic rings. The lowest BCUT2D eigenvalue weighted by atomic mass is 10.1. The third-order valence-electron chi connectivity index (χ3n) is 5.42. The second-order valence-corrected chi connectivity index (χ2v) is 7.68. The van der Waals surface area contributed by atoms with Crippen molar-refractivity contribution in [2.24, 2.45) is 0 Å². The molecule has 1 aliphatic heterocycles. The first-order valence-electron chi connectivity index (χ1n) is 10.4. The Kier molecular flexibility index (Phi) is 6.14. The van der Waals surface area contributed by atoms with Gasteiger partial charge in [0.1, 0.15) is 11.8 Å². The second-order valence-electron chi connectivity index (χ2n) is 7.68. The van der Waals surface area contributed by atoms with Crippen LogP contribution in [0.15, 0.2) is 50.6 Å². The molecule has 4 atom stereocenters. The van der Waals surface area contributed by atoms with Gasteiger partial charge in [-0.25, -0.2) is 4.79 Å². The Labute approximate surface area is 187 Å². The van der Waals surface area contributed by atoms with E-state index in [2.05, 4.69) is 5.16 Å². The number of para-hydroxylation sites is 1. The molecule has 0 bridgehead atoms. The van der Waals surface area contributed by atoms with E-state index < -0.39 is 47.7 Å². The van der Waals surface area contributed by atoms with Gasteiger partial charge in [0, 0.05) is 31.5 Å². The van der Waals surface area contributed by atoms with Crippen LogP contribution in [0.1, 0.15) is 39.1 Å². The zero-order valence-electron chi connectivity index (χ0n) is 18.3. The highest BCUT2D eigenvalue weighted by Gasteiger charge is 2.49. The van der Waals surface area contributed by atoms with Crippen molar-refractivity contribution < 1.29 is 28.3 Å². The van der Waals surface area contributed by atoms with Gasteiger partial charge in [-0.15, -0.1) is 0 Å². The van der Waals surface area contributed by atoms with Gasteiger partial charge in [0.15, 0.2) is 24.0 Å². The predicted molar refractivity (Wildman–Crippen MR) is 113 cm³/mol. The van der Waals surface area contributed by atoms with Gasteiger partial charge in [0.05, 0.1) is 6.54 Å². The van der Waals surface area contributed by atoms with Crippen LogP contribution in [0.5, 0.6) is 0 Å². The van der Waals surface area contributed by atoms with Crippen molar-refractivity contribution in [3.05, 3.63) is 63.1 Å². The maximum atomic E-state index is 13.3. The highest BCUT2D eigenvalue weighted by molar-refractivity contribution is 5.79. The van der Waals surface area contributed by atoms with Gasteiger partial charge in [0.25, 0.3) is 5.56 Å². The molecule has 11 heteroatoms. The van der Waals surface area contributed by atoms with E-state index in [-0.39, 0.29) is 6.54 Å². The summed E-state index contributed by atoms with van der Waals surface area (Å²) < 4.78 is 24.1. The van der Waals surface area contributed by atoms with Gasteiger partial charge in [-0.2, -0.15) is 0 Å². The van der Waals surface area contributed by atoms with Crippen molar-refractivity contribution in [2.75, 3.05) is 0 Å². The number of ether oxygens (including phenoxy) is 3. The van der Waals surface area contributed by atoms with Gasteiger partial charge in [-0.05, 0) is 18.6 Å². The molecule has 3 aromatic rings. The third-order valence-corrected chi connectivity index (χ3v) is 5.42. The van der Waals surface area contributed by atoms with Crippen molar-refractivity contribution >= 4 is 22.9 Å². The molecule has 1 fully saturated rings. The molecule has 0 amide bonds. The summed E-state index contributed by atoms with van der Waals surface area (Å²) in [7, 11) is 0. The average Bonchev–Trinajstić information content (AvgIpc) is 3.32. The molecule has 174 valence electrons. The monoisotopic (exact) mass is 457 g/mol. The number of benzene rings is 1. The molecule has 3 unspecified atom stereocenters. The van der Waals surface area contributed by atoms with E-state index >= 15 is 0 Å². The largest absolute Gasteiger partial charge is 0.456 e. The smallest absolute Gasteiger partial charge is 0.333 e. The van der Waals surface area contributed by atoms with Crippen LogP contribution in [0.3, 0.4) is 0 Å². The van der Waals surface area contributed by atoms with Crippen molar-refractivity contribution in [3.8, 4) is 0 Å². The van der Waals surface area contributed by atoms with Gasteiger partial charge in [-0.1, -0.05) is 24.2 Å². The lowest BCUT2D eigenvalue weighted by Crippen LogP contribution is -2.45. The molecular formula is C22H23N3O8. The molecule has 33 heavy (non-hydrogen) atoms. The molecule has 1 aromatic carbocycles. The Hall–Kier alpha value is -3.73. The van der Waals surface area contributed by atoms with E-state index in [0.717, 1.165) is 9.13 Å². The van der Waals surface area contributed by atoms with Crippen LogP contribution in [0.2, 0.25) is 0 Å². The van der Waals surface area contributed by atoms with Crippen LogP contribution in [0.25, 0.3) is 11.0 Å². The summed E-state index contributed by atoms with van der Waals surface area (Å²) in [4.78, 5) is 49.3. The topological polar surface area (TPSA) is 132 Å². The van der Waals surface area contributed by atoms with E-state index in [9.17, 15) is 19.2 Å². The maximum absolute atomic E-state index is 13.3. The number of aromatic nitrogens is 3. The average molecular weight is 457 g/mol. The summed E-state index contributed by atoms with van der Waals surface area (Å²) in [6, 6.07) is 8.30. The number of carbonyl (C=O) groups excluding carboxylic acids is 2. The number of hydrogen-bond donors (Lipinski definition) is 0. The van der Waals surface area contributed by atoms with Crippen LogP contribution in [-0.4, -0.2) is 44.5 Å². The molecule has 0 spiro atoms. The van der Waals surface area contributed by atoms with Crippen molar-refractivity contribution in [2.45, 2.75) is 58.3 Å². The van der Waals surface area contributed by atoms with Crippen molar-refractivity contribution in [3.63, 3.8) is 0 Å². The van der Waals surface area contributed by atoms with E-state index in [4.69, 9.17) is 18.7 Å². The van der Waals surface area contributed by atoms with Gasteiger partial charge >= 0.3 is 17.6 Å². The summed E-state index contributed by atoms with van der Waals surface area (Å²) in [6.45, 7) is 4.12. The second kappa shape index (κ2) is 9.02. The first-order valence-corrected chi connectivity index (χ1v) is 10.4. The Morgan fingerprint density at radius 1 is 1.06 bits per heavy atom. The summed E-state index contributed by atoms with van der Waals surface area (Å²) in [5.74, 6) is -1.20. The van der Waals surface area contributed by atoms with Gasteiger partial charge in [0.2, 0.25) is 0 Å². The van der Waals surface area contributed by atoms with E-state index in [1.165, 1.54) is 26.1 Å². The molecule has 0 aliphatic carbocycles. The SMILES string of the molecule is CCC1OC(n2ccc(=O)n(Cc3noc4ccccc34)c2=O)[C@@H](OC(C)=O)C1OC(C)=O. The van der Waals surface area contributed by atoms with Crippen LogP contribution < -0.4 is 11.2 Å². The quantitative estimate of drug-likeness (QED) is 0.503. The fraction of sp³-hybridized carbons (Fsp3) is 0.409. The Morgan fingerprint density at radius 3 is 2.45 bits per heavy atom. The first kappa shape index (κ1) is 22.5. The van der Waals surface area contributed by atoms with Crippen LogP contribution in [0, 0.1) is 0 Å². The first-order chi connectivity index (χ1) is 15.8. The van der Waals surface area contributed by atoms with Crippen LogP contribution >= 0.6 is 0 Å². The number of nitrogens with zero attached hydrogens (tertiary/aromatic N) is 3. The molecule has 4 rings (SSSR count). The lowest BCUT2D eigenvalue weighted by Gasteiger charge is -2.24. The Bertz CT molecular complexity index is 1310. The number of rotatable bonds is 6. The Morgan fingerprint density at radius 2 is 1.76 bits per heavy atom. The lowest BCUT2D eigenvalue weighted by molar-refractivity contribution is -0.165. The predicted octanol–water partition coefficient (Wildman–Crippen LogP) is 1.37. The number of esters is 2. The van der Waals surface area contributed by atoms with E-state index in [1.54, 1.807) is 24.3 Å². The Balaban J connectivity index is 1.75. The number of fused-ring (bicyclic) bond motifs is 1. The van der Waals surface area contributed by atoms with Crippen molar-refractivity contribution in [1.29, 1.82) is 0 Å². The van der Waals surface area contributed by atoms with Gasteiger partial charge in [-0.3, -0.25) is 23.5 Å². The van der Waals surface area contributed by atoms with E-state index in [0.29, 0.717) is 23.1 Å². The molecule has 1 saturated heterocycles. The van der Waals surface area contributed by atoms with Crippen LogP contribution in [0.4, 0.5) is 0 Å². The highest BCUT2D eigenvalue weighted by atomic mass is 16.6. The summed E-state index contributed by atoms with van der Waals surface area (Å²) >= 11 is 0. The minimum Gasteiger partial charge on any atom is -0.456 e. The standard InChI is InChI=1S/C22H23N3O8/c1-4-16-19(30-12(2)26)20(31-13(3)27)21(32-16)24-10-9-18(28)25(22(24)29)11-15-14-7-5-6-8-17(14)33-23-15/h5-10,16,19-21H,4,11H2,1-3H3/t16?,19?,20-,21?/m0/s1. The summed E-state index contributed by atoms with van der Waals surface area (Å²) in [5.41, 5.74) is -0.305. The summed E-state index contributed by atoms with van der Waals surface area (Å²) in [5, 5.41) is 4.66.